The summed E-state index contributed by atoms with van der Waals surface area (Å²) in [6.45, 7) is 0. The van der Waals surface area contributed by atoms with Gasteiger partial charge in [-0.2, -0.15) is 0 Å². The Hall–Kier alpha value is -0.600. The van der Waals surface area contributed by atoms with Crippen LogP contribution in [-0.4, -0.2) is 5.11 Å². The lowest BCUT2D eigenvalue weighted by Gasteiger charge is -2.09. The first kappa shape index (κ1) is 8.97. The predicted octanol–water partition coefficient (Wildman–Crippen LogP) is 2.92. The van der Waals surface area contributed by atoms with Gasteiger partial charge in [-0.3, -0.25) is 0 Å². The maximum absolute atomic E-state index is 13.0. The molecule has 1 atom stereocenters. The summed E-state index contributed by atoms with van der Waals surface area (Å²) >= 11 is 5.52. The van der Waals surface area contributed by atoms with Crippen LogP contribution in [0.5, 0.6) is 0 Å². The Bertz CT molecular complexity index is 323. The molecule has 70 valence electrons. The molecule has 0 bridgehead atoms. The molecule has 1 saturated carbocycles. The van der Waals surface area contributed by atoms with Crippen molar-refractivity contribution in [2.75, 3.05) is 0 Å². The van der Waals surface area contributed by atoms with Crippen LogP contribution < -0.4 is 0 Å². The number of benzene rings is 1. The minimum atomic E-state index is -0.522. The predicted molar refractivity (Wildman–Crippen MR) is 49.1 cm³/mol. The van der Waals surface area contributed by atoms with E-state index in [1.54, 1.807) is 6.07 Å². The second-order valence-corrected chi connectivity index (χ2v) is 3.86. The molecule has 3 heteroatoms. The van der Waals surface area contributed by atoms with Crippen molar-refractivity contribution in [2.24, 2.45) is 5.92 Å². The first-order valence-corrected chi connectivity index (χ1v) is 4.69. The summed E-state index contributed by atoms with van der Waals surface area (Å²) < 4.78 is 13.0. The van der Waals surface area contributed by atoms with Gasteiger partial charge >= 0.3 is 0 Å². The maximum atomic E-state index is 13.0. The fraction of sp³-hybridized carbons (Fsp3) is 0.400. The lowest BCUT2D eigenvalue weighted by molar-refractivity contribution is 0.153. The standard InChI is InChI=1S/C10H10ClFO/c11-8-4-3-7(5-9(8)12)10(13)6-1-2-6/h3-6,10,13H,1-2H2/t10-/m1/s1. The highest BCUT2D eigenvalue weighted by Gasteiger charge is 2.30. The van der Waals surface area contributed by atoms with E-state index in [9.17, 15) is 9.50 Å². The van der Waals surface area contributed by atoms with Gasteiger partial charge in [-0.1, -0.05) is 17.7 Å². The van der Waals surface area contributed by atoms with E-state index in [2.05, 4.69) is 0 Å². The van der Waals surface area contributed by atoms with Crippen molar-refractivity contribution < 1.29 is 9.50 Å². The molecule has 0 aliphatic heterocycles. The van der Waals surface area contributed by atoms with Gasteiger partial charge in [0.05, 0.1) is 11.1 Å². The van der Waals surface area contributed by atoms with E-state index in [0.717, 1.165) is 12.8 Å². The molecule has 2 rings (SSSR count). The SMILES string of the molecule is O[C@@H](c1ccc(Cl)c(F)c1)C1CC1. The van der Waals surface area contributed by atoms with Crippen molar-refractivity contribution in [2.45, 2.75) is 18.9 Å². The van der Waals surface area contributed by atoms with Gasteiger partial charge in [-0.25, -0.2) is 4.39 Å². The van der Waals surface area contributed by atoms with Gasteiger partial charge in [0.25, 0.3) is 0 Å². The molecule has 13 heavy (non-hydrogen) atoms. The van der Waals surface area contributed by atoms with Crippen molar-refractivity contribution in [1.82, 2.24) is 0 Å². The third-order valence-electron chi connectivity index (χ3n) is 2.35. The molecule has 1 aromatic carbocycles. The molecule has 1 N–H and O–H groups in total. The summed E-state index contributed by atoms with van der Waals surface area (Å²) in [5, 5.41) is 9.77. The second-order valence-electron chi connectivity index (χ2n) is 3.46. The molecular weight excluding hydrogens is 191 g/mol. The minimum Gasteiger partial charge on any atom is -0.388 e. The lowest BCUT2D eigenvalue weighted by Crippen LogP contribution is -1.99. The topological polar surface area (TPSA) is 20.2 Å². The molecule has 1 nitrogen and oxygen atoms in total. The van der Waals surface area contributed by atoms with E-state index in [4.69, 9.17) is 11.6 Å². The van der Waals surface area contributed by atoms with Crippen LogP contribution >= 0.6 is 11.6 Å². The summed E-state index contributed by atoms with van der Waals surface area (Å²) in [6.07, 6.45) is 1.54. The monoisotopic (exact) mass is 200 g/mol. The van der Waals surface area contributed by atoms with E-state index in [1.165, 1.54) is 12.1 Å². The summed E-state index contributed by atoms with van der Waals surface area (Å²) in [6, 6.07) is 4.47. The Balaban J connectivity index is 2.24. The van der Waals surface area contributed by atoms with Crippen LogP contribution in [-0.2, 0) is 0 Å². The lowest BCUT2D eigenvalue weighted by atomic mass is 10.1. The third-order valence-corrected chi connectivity index (χ3v) is 2.66. The van der Waals surface area contributed by atoms with Crippen molar-refractivity contribution in [1.29, 1.82) is 0 Å². The summed E-state index contributed by atoms with van der Waals surface area (Å²) in [5.41, 5.74) is 0.629. The smallest absolute Gasteiger partial charge is 0.142 e. The second kappa shape index (κ2) is 3.28. The minimum absolute atomic E-state index is 0.103. The van der Waals surface area contributed by atoms with Crippen molar-refractivity contribution in [3.05, 3.63) is 34.6 Å². The molecule has 1 aliphatic rings. The number of aliphatic hydroxyl groups excluding tert-OH is 1. The fourth-order valence-corrected chi connectivity index (χ4v) is 1.50. The van der Waals surface area contributed by atoms with Gasteiger partial charge < -0.3 is 5.11 Å². The molecule has 0 heterocycles. The van der Waals surface area contributed by atoms with E-state index in [-0.39, 0.29) is 5.02 Å². The van der Waals surface area contributed by atoms with Gasteiger partial charge in [0.2, 0.25) is 0 Å². The molecule has 0 amide bonds. The summed E-state index contributed by atoms with van der Waals surface area (Å²) in [7, 11) is 0. The fourth-order valence-electron chi connectivity index (χ4n) is 1.38. The van der Waals surface area contributed by atoms with Crippen LogP contribution in [0, 0.1) is 11.7 Å². The quantitative estimate of drug-likeness (QED) is 0.779. The molecule has 0 unspecified atom stereocenters. The highest BCUT2D eigenvalue weighted by molar-refractivity contribution is 6.30. The van der Waals surface area contributed by atoms with Gasteiger partial charge in [-0.15, -0.1) is 0 Å². The Kier molecular flexibility index (Phi) is 2.26. The molecule has 0 spiro atoms. The molecule has 1 aromatic rings. The number of hydrogen-bond acceptors (Lipinski definition) is 1. The molecule has 0 aromatic heterocycles. The van der Waals surface area contributed by atoms with Gasteiger partial charge in [0.15, 0.2) is 0 Å². The van der Waals surface area contributed by atoms with Crippen molar-refractivity contribution in [3.8, 4) is 0 Å². The normalized spacial score (nSPS) is 18.7. The summed E-state index contributed by atoms with van der Waals surface area (Å²) in [4.78, 5) is 0. The van der Waals surface area contributed by atoms with Gasteiger partial charge in [0.1, 0.15) is 5.82 Å². The average molecular weight is 201 g/mol. The molecule has 0 radical (unpaired) electrons. The van der Waals surface area contributed by atoms with Gasteiger partial charge in [0, 0.05) is 0 Å². The van der Waals surface area contributed by atoms with Crippen LogP contribution in [0.15, 0.2) is 18.2 Å². The molecule has 1 fully saturated rings. The third kappa shape index (κ3) is 1.84. The van der Waals surface area contributed by atoms with Crippen molar-refractivity contribution in [3.63, 3.8) is 0 Å². The highest BCUT2D eigenvalue weighted by atomic mass is 35.5. The Morgan fingerprint density at radius 2 is 2.15 bits per heavy atom. The van der Waals surface area contributed by atoms with E-state index >= 15 is 0 Å². The van der Waals surface area contributed by atoms with Crippen LogP contribution in [0.3, 0.4) is 0 Å². The van der Waals surface area contributed by atoms with E-state index < -0.39 is 11.9 Å². The van der Waals surface area contributed by atoms with Crippen LogP contribution in [0.1, 0.15) is 24.5 Å². The maximum Gasteiger partial charge on any atom is 0.142 e. The van der Waals surface area contributed by atoms with Gasteiger partial charge in [-0.05, 0) is 36.5 Å². The zero-order valence-corrected chi connectivity index (χ0v) is 7.76. The van der Waals surface area contributed by atoms with Crippen LogP contribution in [0.4, 0.5) is 4.39 Å². The first-order chi connectivity index (χ1) is 6.18. The number of halogens is 2. The largest absolute Gasteiger partial charge is 0.388 e. The van der Waals surface area contributed by atoms with E-state index in [0.29, 0.717) is 11.5 Å². The highest BCUT2D eigenvalue weighted by Crippen LogP contribution is 2.41. The Morgan fingerprint density at radius 1 is 1.46 bits per heavy atom. The zero-order valence-electron chi connectivity index (χ0n) is 7.00. The Morgan fingerprint density at radius 3 is 2.69 bits per heavy atom. The first-order valence-electron chi connectivity index (χ1n) is 4.31. The Labute approximate surface area is 81.1 Å². The summed E-state index contributed by atoms with van der Waals surface area (Å²) in [5.74, 6) is -0.139. The number of hydrogen-bond donors (Lipinski definition) is 1. The van der Waals surface area contributed by atoms with Crippen LogP contribution in [0.25, 0.3) is 0 Å². The zero-order chi connectivity index (χ0) is 9.42. The van der Waals surface area contributed by atoms with Crippen LogP contribution in [0.2, 0.25) is 5.02 Å². The van der Waals surface area contributed by atoms with Crippen molar-refractivity contribution >= 4 is 11.6 Å². The van der Waals surface area contributed by atoms with E-state index in [1.807, 2.05) is 0 Å². The molecule has 0 saturated heterocycles. The number of aliphatic hydroxyl groups is 1. The average Bonchev–Trinajstić information content (AvgIpc) is 2.91. The molecule has 1 aliphatic carbocycles. The molecular formula is C10H10ClFO. The number of rotatable bonds is 2.